The van der Waals surface area contributed by atoms with E-state index in [1.54, 1.807) is 30.6 Å². The number of nitrogens with zero attached hydrogens (tertiary/aromatic N) is 2. The standard InChI is InChI=1S/C22H22FN3OS/c1-27-17-12-7-10-15(23)19(17)20-21(24-14-8-3-2-4-9-14)26-16-11-5-6-13-18(16)28-22(26)25-20/h5-7,10-14,24H,2-4,8-9H2,1H3. The molecule has 2 aromatic heterocycles. The van der Waals surface area contributed by atoms with E-state index in [4.69, 9.17) is 9.72 Å². The minimum absolute atomic E-state index is 0.318. The highest BCUT2D eigenvalue weighted by atomic mass is 32.1. The average Bonchev–Trinajstić information content (AvgIpc) is 3.25. The Kier molecular flexibility index (Phi) is 4.43. The van der Waals surface area contributed by atoms with Crippen molar-refractivity contribution in [3.05, 3.63) is 48.3 Å². The van der Waals surface area contributed by atoms with E-state index in [9.17, 15) is 4.39 Å². The number of nitrogens with one attached hydrogen (secondary N) is 1. The van der Waals surface area contributed by atoms with Gasteiger partial charge in [0.25, 0.3) is 0 Å². The molecule has 1 aliphatic rings. The lowest BCUT2D eigenvalue weighted by atomic mass is 9.95. The summed E-state index contributed by atoms with van der Waals surface area (Å²) < 4.78 is 23.7. The Morgan fingerprint density at radius 1 is 1.11 bits per heavy atom. The maximum Gasteiger partial charge on any atom is 0.197 e. The molecule has 0 saturated heterocycles. The second-order valence-corrected chi connectivity index (χ2v) is 8.30. The molecule has 1 fully saturated rings. The maximum atomic E-state index is 14.9. The van der Waals surface area contributed by atoms with Gasteiger partial charge < -0.3 is 10.1 Å². The van der Waals surface area contributed by atoms with Gasteiger partial charge in [0, 0.05) is 6.04 Å². The number of halogens is 1. The molecule has 2 heterocycles. The van der Waals surface area contributed by atoms with Crippen molar-refractivity contribution < 1.29 is 9.13 Å². The van der Waals surface area contributed by atoms with Crippen LogP contribution >= 0.6 is 11.3 Å². The van der Waals surface area contributed by atoms with Gasteiger partial charge in [-0.2, -0.15) is 0 Å². The van der Waals surface area contributed by atoms with E-state index in [1.807, 2.05) is 12.1 Å². The van der Waals surface area contributed by atoms with E-state index in [0.717, 1.165) is 29.1 Å². The molecule has 0 spiro atoms. The summed E-state index contributed by atoms with van der Waals surface area (Å²) in [5.41, 5.74) is 2.13. The average molecular weight is 396 g/mol. The Morgan fingerprint density at radius 2 is 1.93 bits per heavy atom. The fraction of sp³-hybridized carbons (Fsp3) is 0.318. The molecule has 0 radical (unpaired) electrons. The minimum atomic E-state index is -0.318. The van der Waals surface area contributed by atoms with Gasteiger partial charge in [-0.3, -0.25) is 4.40 Å². The van der Waals surface area contributed by atoms with Crippen molar-refractivity contribution in [1.82, 2.24) is 9.38 Å². The number of thiazole rings is 1. The fourth-order valence-corrected chi connectivity index (χ4v) is 5.20. The third-order valence-corrected chi connectivity index (χ3v) is 6.55. The lowest BCUT2D eigenvalue weighted by Crippen LogP contribution is -2.23. The largest absolute Gasteiger partial charge is 0.496 e. The van der Waals surface area contributed by atoms with Gasteiger partial charge in [-0.15, -0.1) is 0 Å². The summed E-state index contributed by atoms with van der Waals surface area (Å²) in [6.07, 6.45) is 5.99. The van der Waals surface area contributed by atoms with Crippen molar-refractivity contribution in [3.63, 3.8) is 0 Å². The Balaban J connectivity index is 1.76. The number of fused-ring (bicyclic) bond motifs is 3. The third kappa shape index (κ3) is 2.83. The van der Waals surface area contributed by atoms with Crippen LogP contribution in [0.1, 0.15) is 32.1 Å². The van der Waals surface area contributed by atoms with Crippen LogP contribution in [0.4, 0.5) is 10.2 Å². The normalized spacial score (nSPS) is 15.4. The highest BCUT2D eigenvalue weighted by molar-refractivity contribution is 7.23. The molecule has 2 aromatic carbocycles. The van der Waals surface area contributed by atoms with Crippen LogP contribution in [0.2, 0.25) is 0 Å². The summed E-state index contributed by atoms with van der Waals surface area (Å²) in [7, 11) is 1.57. The highest BCUT2D eigenvalue weighted by Crippen LogP contribution is 2.41. The number of para-hydroxylation sites is 1. The maximum absolute atomic E-state index is 14.9. The lowest BCUT2D eigenvalue weighted by Gasteiger charge is -2.24. The van der Waals surface area contributed by atoms with Crippen LogP contribution in [0.15, 0.2) is 42.5 Å². The molecule has 0 aliphatic heterocycles. The first-order chi connectivity index (χ1) is 13.8. The van der Waals surface area contributed by atoms with E-state index in [0.29, 0.717) is 23.0 Å². The summed E-state index contributed by atoms with van der Waals surface area (Å²) in [6.45, 7) is 0. The van der Waals surface area contributed by atoms with Crippen molar-refractivity contribution in [2.75, 3.05) is 12.4 Å². The number of imidazole rings is 1. The van der Waals surface area contributed by atoms with E-state index in [-0.39, 0.29) is 5.82 Å². The summed E-state index contributed by atoms with van der Waals surface area (Å²) in [4.78, 5) is 5.72. The summed E-state index contributed by atoms with van der Waals surface area (Å²) in [5.74, 6) is 1.05. The Morgan fingerprint density at radius 3 is 2.75 bits per heavy atom. The zero-order chi connectivity index (χ0) is 19.1. The number of rotatable bonds is 4. The van der Waals surface area contributed by atoms with Crippen LogP contribution in [-0.4, -0.2) is 22.5 Å². The van der Waals surface area contributed by atoms with E-state index in [2.05, 4.69) is 21.9 Å². The summed E-state index contributed by atoms with van der Waals surface area (Å²) in [5, 5.41) is 3.71. The van der Waals surface area contributed by atoms with E-state index < -0.39 is 0 Å². The quantitative estimate of drug-likeness (QED) is 0.453. The van der Waals surface area contributed by atoms with E-state index >= 15 is 0 Å². The number of ether oxygens (including phenoxy) is 1. The molecule has 1 aliphatic carbocycles. The van der Waals surface area contributed by atoms with Crippen molar-refractivity contribution in [1.29, 1.82) is 0 Å². The predicted octanol–water partition coefficient (Wildman–Crippen LogP) is 6.11. The molecule has 0 atom stereocenters. The number of methoxy groups -OCH3 is 1. The SMILES string of the molecule is COc1cccc(F)c1-c1nc2sc3ccccc3n2c1NC1CCCCC1. The topological polar surface area (TPSA) is 38.6 Å². The molecule has 1 saturated carbocycles. The zero-order valence-corrected chi connectivity index (χ0v) is 16.6. The third-order valence-electron chi connectivity index (χ3n) is 5.53. The fourth-order valence-electron chi connectivity index (χ4n) is 4.17. The molecule has 0 unspecified atom stereocenters. The monoisotopic (exact) mass is 395 g/mol. The number of benzene rings is 2. The summed E-state index contributed by atoms with van der Waals surface area (Å²) in [6, 6.07) is 13.6. The molecule has 4 aromatic rings. The van der Waals surface area contributed by atoms with Crippen molar-refractivity contribution in [2.24, 2.45) is 0 Å². The van der Waals surface area contributed by atoms with Crippen molar-refractivity contribution >= 4 is 32.3 Å². The zero-order valence-electron chi connectivity index (χ0n) is 15.7. The second kappa shape index (κ2) is 7.09. The molecule has 0 bridgehead atoms. The molecular formula is C22H22FN3OS. The van der Waals surface area contributed by atoms with Crippen LogP contribution in [0, 0.1) is 5.82 Å². The minimum Gasteiger partial charge on any atom is -0.496 e. The number of anilines is 1. The summed E-state index contributed by atoms with van der Waals surface area (Å²) >= 11 is 1.62. The van der Waals surface area contributed by atoms with Crippen LogP contribution < -0.4 is 10.1 Å². The van der Waals surface area contributed by atoms with Gasteiger partial charge in [0.2, 0.25) is 0 Å². The van der Waals surface area contributed by atoms with Crippen molar-refractivity contribution in [2.45, 2.75) is 38.1 Å². The predicted molar refractivity (Wildman–Crippen MR) is 113 cm³/mol. The molecule has 0 amide bonds. The van der Waals surface area contributed by atoms with Gasteiger partial charge in [-0.25, -0.2) is 9.37 Å². The first-order valence-electron chi connectivity index (χ1n) is 9.75. The molecule has 4 nitrogen and oxygen atoms in total. The van der Waals surface area contributed by atoms with Crippen molar-refractivity contribution in [3.8, 4) is 17.0 Å². The Bertz CT molecular complexity index is 1140. The van der Waals surface area contributed by atoms with Gasteiger partial charge in [0.05, 0.1) is 22.9 Å². The smallest absolute Gasteiger partial charge is 0.197 e. The van der Waals surface area contributed by atoms with Gasteiger partial charge in [0.1, 0.15) is 23.1 Å². The molecule has 28 heavy (non-hydrogen) atoms. The lowest BCUT2D eigenvalue weighted by molar-refractivity contribution is 0.413. The van der Waals surface area contributed by atoms with Gasteiger partial charge >= 0.3 is 0 Å². The number of hydrogen-bond donors (Lipinski definition) is 1. The first-order valence-corrected chi connectivity index (χ1v) is 10.6. The van der Waals surface area contributed by atoms with Crippen LogP contribution in [-0.2, 0) is 0 Å². The number of aromatic nitrogens is 2. The van der Waals surface area contributed by atoms with Gasteiger partial charge in [-0.05, 0) is 37.1 Å². The van der Waals surface area contributed by atoms with Gasteiger partial charge in [-0.1, -0.05) is 48.8 Å². The molecule has 6 heteroatoms. The van der Waals surface area contributed by atoms with E-state index in [1.165, 1.54) is 30.0 Å². The molecular weight excluding hydrogens is 373 g/mol. The Hall–Kier alpha value is -2.60. The molecule has 1 N–H and O–H groups in total. The van der Waals surface area contributed by atoms with Crippen LogP contribution in [0.3, 0.4) is 0 Å². The molecule has 5 rings (SSSR count). The first kappa shape index (κ1) is 17.5. The van der Waals surface area contributed by atoms with Crippen LogP contribution in [0.5, 0.6) is 5.75 Å². The Labute approximate surface area is 167 Å². The highest BCUT2D eigenvalue weighted by Gasteiger charge is 2.25. The second-order valence-electron chi connectivity index (χ2n) is 7.29. The van der Waals surface area contributed by atoms with Crippen LogP contribution in [0.25, 0.3) is 26.4 Å². The molecule has 144 valence electrons. The number of hydrogen-bond acceptors (Lipinski definition) is 4. The van der Waals surface area contributed by atoms with Gasteiger partial charge in [0.15, 0.2) is 4.96 Å².